The smallest absolute Gasteiger partial charge is 0.348 e. The highest BCUT2D eigenvalue weighted by molar-refractivity contribution is 7.39. The number of hydrogen-bond acceptors (Lipinski definition) is 4. The Morgan fingerprint density at radius 2 is 1.61 bits per heavy atom. The van der Waals surface area contributed by atoms with Crippen LogP contribution < -0.4 is 0 Å². The van der Waals surface area contributed by atoms with E-state index in [0.717, 1.165) is 41.9 Å². The van der Waals surface area contributed by atoms with Gasteiger partial charge in [0.15, 0.2) is 0 Å². The van der Waals surface area contributed by atoms with Crippen molar-refractivity contribution in [1.29, 1.82) is 0 Å². The summed E-state index contributed by atoms with van der Waals surface area (Å²) in [5.41, 5.74) is 0. The molecule has 4 rings (SSSR count). The Morgan fingerprint density at radius 3 is 2.26 bits per heavy atom. The van der Waals surface area contributed by atoms with Gasteiger partial charge in [0.05, 0.1) is 4.01 Å². The van der Waals surface area contributed by atoms with Crippen LogP contribution in [-0.2, 0) is 11.2 Å². The topological polar surface area (TPSA) is 26.3 Å². The Bertz CT molecular complexity index is 788. The van der Waals surface area contributed by atoms with Crippen LogP contribution in [0.15, 0.2) is 12.1 Å². The third kappa shape index (κ3) is 6.13. The molecule has 2 nitrogen and oxygen atoms in total. The molecule has 2 aliphatic rings. The number of esters is 1. The van der Waals surface area contributed by atoms with E-state index in [4.69, 9.17) is 4.74 Å². The molecule has 2 fully saturated rings. The second-order valence-corrected chi connectivity index (χ2v) is 12.5. The van der Waals surface area contributed by atoms with Gasteiger partial charge in [0.25, 0.3) is 0 Å². The van der Waals surface area contributed by atoms with Gasteiger partial charge in [-0.05, 0) is 74.8 Å². The summed E-state index contributed by atoms with van der Waals surface area (Å²) in [6.07, 6.45) is 18.5. The summed E-state index contributed by atoms with van der Waals surface area (Å²) < 4.78 is 7.21. The van der Waals surface area contributed by atoms with Gasteiger partial charge in [-0.15, -0.1) is 22.7 Å². The molecule has 0 unspecified atom stereocenters. The summed E-state index contributed by atoms with van der Waals surface area (Å²) in [5.74, 6) is 2.70. The third-order valence-corrected chi connectivity index (χ3v) is 10.2. The minimum absolute atomic E-state index is 0.0959. The predicted octanol–water partition coefficient (Wildman–Crippen LogP) is 9.02. The highest BCUT2D eigenvalue weighted by atomic mass is 32.2. The van der Waals surface area contributed by atoms with Gasteiger partial charge in [0, 0.05) is 10.3 Å². The van der Waals surface area contributed by atoms with Crippen LogP contribution in [0, 0.1) is 17.8 Å². The highest BCUT2D eigenvalue weighted by Gasteiger charge is 2.32. The zero-order chi connectivity index (χ0) is 21.6. The summed E-state index contributed by atoms with van der Waals surface area (Å²) in [6, 6.07) is 4.29. The van der Waals surface area contributed by atoms with Crippen molar-refractivity contribution in [2.75, 3.05) is 0 Å². The summed E-state index contributed by atoms with van der Waals surface area (Å²) in [5, 5.41) is 1.22. The number of thiophene rings is 2. The number of fused-ring (bicyclic) bond motifs is 1. The summed E-state index contributed by atoms with van der Waals surface area (Å²) in [4.78, 5) is 14.9. The summed E-state index contributed by atoms with van der Waals surface area (Å²) in [6.45, 7) is 4.52. The lowest BCUT2D eigenvalue weighted by atomic mass is 9.70. The molecule has 0 amide bonds. The lowest BCUT2D eigenvalue weighted by molar-refractivity contribution is 0.0114. The van der Waals surface area contributed by atoms with Gasteiger partial charge in [0.2, 0.25) is 0 Å². The van der Waals surface area contributed by atoms with E-state index < -0.39 is 0 Å². The zero-order valence-corrected chi connectivity index (χ0v) is 21.1. The number of carbonyl (C=O) groups is 1. The van der Waals surface area contributed by atoms with Crippen molar-refractivity contribution in [3.63, 3.8) is 0 Å². The van der Waals surface area contributed by atoms with Crippen LogP contribution in [0.4, 0.5) is 0 Å². The number of unbranched alkanes of at least 4 members (excludes halogenated alkanes) is 2. The van der Waals surface area contributed by atoms with Crippen molar-refractivity contribution in [3.05, 3.63) is 21.9 Å². The Labute approximate surface area is 196 Å². The van der Waals surface area contributed by atoms with E-state index in [1.165, 1.54) is 84.9 Å². The molecule has 0 aliphatic heterocycles. The van der Waals surface area contributed by atoms with Gasteiger partial charge < -0.3 is 4.74 Å². The van der Waals surface area contributed by atoms with Crippen molar-refractivity contribution in [2.24, 2.45) is 17.8 Å². The number of aryl methyl sites for hydroxylation is 1. The van der Waals surface area contributed by atoms with Gasteiger partial charge >= 0.3 is 5.97 Å². The van der Waals surface area contributed by atoms with E-state index in [1.807, 2.05) is 17.4 Å². The molecule has 0 atom stereocenters. The molecule has 2 aromatic heterocycles. The molecular formula is C27H40O2S2. The Kier molecular flexibility index (Phi) is 8.50. The highest BCUT2D eigenvalue weighted by Crippen LogP contribution is 2.42. The Balaban J connectivity index is 1.20. The minimum Gasteiger partial charge on any atom is -0.458 e. The van der Waals surface area contributed by atoms with E-state index in [9.17, 15) is 4.79 Å². The Morgan fingerprint density at radius 1 is 0.903 bits per heavy atom. The average molecular weight is 461 g/mol. The number of carbonyl (C=O) groups excluding carboxylic acids is 1. The molecule has 0 radical (unpaired) electrons. The zero-order valence-electron chi connectivity index (χ0n) is 19.5. The fraction of sp³-hybridized carbons (Fsp3) is 0.741. The van der Waals surface area contributed by atoms with E-state index in [1.54, 1.807) is 11.3 Å². The van der Waals surface area contributed by atoms with Crippen molar-refractivity contribution in [2.45, 2.75) is 110 Å². The van der Waals surface area contributed by atoms with E-state index in [-0.39, 0.29) is 12.1 Å². The normalized spacial score (nSPS) is 26.9. The van der Waals surface area contributed by atoms with Crippen molar-refractivity contribution in [1.82, 2.24) is 0 Å². The molecule has 2 aliphatic carbocycles. The van der Waals surface area contributed by atoms with Crippen molar-refractivity contribution in [3.8, 4) is 0 Å². The molecule has 172 valence electrons. The van der Waals surface area contributed by atoms with E-state index in [2.05, 4.69) is 19.9 Å². The maximum atomic E-state index is 12.7. The molecular weight excluding hydrogens is 420 g/mol. The lowest BCUT2D eigenvalue weighted by Crippen LogP contribution is -2.29. The molecule has 0 spiro atoms. The van der Waals surface area contributed by atoms with Crippen molar-refractivity contribution < 1.29 is 9.53 Å². The molecule has 0 aromatic carbocycles. The minimum atomic E-state index is -0.0959. The largest absolute Gasteiger partial charge is 0.458 e. The van der Waals surface area contributed by atoms with Crippen LogP contribution >= 0.6 is 22.7 Å². The fourth-order valence-electron chi connectivity index (χ4n) is 5.88. The second kappa shape index (κ2) is 11.3. The SMILES string of the molecule is CCCCCC1CCC(C2CCC(OC(=O)c3cc4cc(CCC)sc4s3)CC2)CC1. The number of rotatable bonds is 9. The van der Waals surface area contributed by atoms with Crippen LogP contribution in [0.1, 0.15) is 112 Å². The summed E-state index contributed by atoms with van der Waals surface area (Å²) in [7, 11) is 0. The first-order valence-electron chi connectivity index (χ1n) is 12.9. The molecule has 0 N–H and O–H groups in total. The van der Waals surface area contributed by atoms with Gasteiger partial charge in [-0.2, -0.15) is 0 Å². The standard InChI is InChI=1S/C27H40O2S2/c1-3-5-6-8-19-9-11-20(12-10-19)21-13-15-23(16-14-21)29-26(28)25-18-22-17-24(7-4-2)30-27(22)31-25/h17-21,23H,3-16H2,1-2H3. The first-order valence-corrected chi connectivity index (χ1v) is 14.5. The molecule has 2 saturated carbocycles. The van der Waals surface area contributed by atoms with Crippen LogP contribution in [0.25, 0.3) is 9.40 Å². The molecule has 4 heteroatoms. The third-order valence-electron chi connectivity index (χ3n) is 7.73. The van der Waals surface area contributed by atoms with Crippen LogP contribution in [0.2, 0.25) is 0 Å². The quantitative estimate of drug-likeness (QED) is 0.275. The average Bonchev–Trinajstić information content (AvgIpc) is 3.34. The number of ether oxygens (including phenoxy) is 1. The predicted molar refractivity (Wildman–Crippen MR) is 134 cm³/mol. The van der Waals surface area contributed by atoms with Crippen LogP contribution in [-0.4, -0.2) is 12.1 Å². The van der Waals surface area contributed by atoms with Crippen LogP contribution in [0.3, 0.4) is 0 Å². The lowest BCUT2D eigenvalue weighted by Gasteiger charge is -2.37. The van der Waals surface area contributed by atoms with Gasteiger partial charge in [-0.25, -0.2) is 4.79 Å². The van der Waals surface area contributed by atoms with Gasteiger partial charge in [-0.1, -0.05) is 58.8 Å². The molecule has 2 aromatic rings. The van der Waals surface area contributed by atoms with E-state index >= 15 is 0 Å². The monoisotopic (exact) mass is 460 g/mol. The fourth-order valence-corrected chi connectivity index (χ4v) is 8.36. The first kappa shape index (κ1) is 23.3. The number of hydrogen-bond donors (Lipinski definition) is 0. The first-order chi connectivity index (χ1) is 15.2. The van der Waals surface area contributed by atoms with Gasteiger partial charge in [0.1, 0.15) is 11.0 Å². The van der Waals surface area contributed by atoms with Crippen molar-refractivity contribution >= 4 is 38.0 Å². The molecule has 0 bridgehead atoms. The Hall–Kier alpha value is -0.870. The summed E-state index contributed by atoms with van der Waals surface area (Å²) >= 11 is 3.45. The second-order valence-electron chi connectivity index (χ2n) is 10.0. The maximum Gasteiger partial charge on any atom is 0.348 e. The van der Waals surface area contributed by atoms with E-state index in [0.29, 0.717) is 0 Å². The van der Waals surface area contributed by atoms with Gasteiger partial charge in [-0.3, -0.25) is 0 Å². The maximum absolute atomic E-state index is 12.7. The molecule has 31 heavy (non-hydrogen) atoms. The molecule has 0 saturated heterocycles. The molecule has 2 heterocycles. The van der Waals surface area contributed by atoms with Crippen LogP contribution in [0.5, 0.6) is 0 Å².